The minimum absolute atomic E-state index is 0.0980. The highest BCUT2D eigenvalue weighted by Gasteiger charge is 2.17. The van der Waals surface area contributed by atoms with Gasteiger partial charge in [-0.15, -0.1) is 23.1 Å². The Bertz CT molecular complexity index is 838. The number of anilines is 1. The van der Waals surface area contributed by atoms with E-state index in [1.807, 2.05) is 60.4 Å². The maximum absolute atomic E-state index is 12.6. The van der Waals surface area contributed by atoms with E-state index in [1.54, 1.807) is 29.3 Å². The lowest BCUT2D eigenvalue weighted by molar-refractivity contribution is 0.102. The molecule has 1 N–H and O–H groups in total. The zero-order valence-electron chi connectivity index (χ0n) is 13.2. The van der Waals surface area contributed by atoms with Gasteiger partial charge in [0.1, 0.15) is 0 Å². The molecule has 0 atom stereocenters. The second kappa shape index (κ2) is 6.60. The van der Waals surface area contributed by atoms with E-state index in [0.29, 0.717) is 5.56 Å². The number of rotatable bonds is 4. The molecular weight excluding hydrogens is 326 g/mol. The molecule has 3 rings (SSSR count). The standard InChI is InChI=1S/C17H17N3OS2/c1-11-9-15(12(2)20(11)17-18-7-8-23-17)16(21)19-13-5-4-6-14(10-13)22-3/h4-10H,1-3H3,(H,19,21). The van der Waals surface area contributed by atoms with E-state index >= 15 is 0 Å². The van der Waals surface area contributed by atoms with Gasteiger partial charge in [0.2, 0.25) is 0 Å². The van der Waals surface area contributed by atoms with Gasteiger partial charge in [0.15, 0.2) is 5.13 Å². The van der Waals surface area contributed by atoms with Crippen molar-refractivity contribution in [3.05, 3.63) is 58.9 Å². The van der Waals surface area contributed by atoms with E-state index in [-0.39, 0.29) is 5.91 Å². The van der Waals surface area contributed by atoms with E-state index in [2.05, 4.69) is 10.3 Å². The Morgan fingerprint density at radius 1 is 1.30 bits per heavy atom. The predicted molar refractivity (Wildman–Crippen MR) is 97.1 cm³/mol. The summed E-state index contributed by atoms with van der Waals surface area (Å²) in [6.07, 6.45) is 3.79. The van der Waals surface area contributed by atoms with Crippen LogP contribution < -0.4 is 5.32 Å². The quantitative estimate of drug-likeness (QED) is 0.708. The Hall–Kier alpha value is -2.05. The first-order valence-electron chi connectivity index (χ1n) is 7.14. The molecule has 3 aromatic rings. The van der Waals surface area contributed by atoms with Gasteiger partial charge in [0.05, 0.1) is 5.56 Å². The van der Waals surface area contributed by atoms with Crippen LogP contribution in [-0.4, -0.2) is 21.7 Å². The zero-order chi connectivity index (χ0) is 16.4. The number of carbonyl (C=O) groups excluding carboxylic acids is 1. The Morgan fingerprint density at radius 3 is 2.83 bits per heavy atom. The first-order valence-corrected chi connectivity index (χ1v) is 9.25. The van der Waals surface area contributed by atoms with Crippen LogP contribution in [0.3, 0.4) is 0 Å². The summed E-state index contributed by atoms with van der Waals surface area (Å²) in [6.45, 7) is 3.93. The average molecular weight is 343 g/mol. The number of thiazole rings is 1. The molecule has 0 unspecified atom stereocenters. The SMILES string of the molecule is CSc1cccc(NC(=O)c2cc(C)n(-c3nccs3)c2C)c1. The first-order chi connectivity index (χ1) is 11.1. The number of thioether (sulfide) groups is 1. The third-order valence-electron chi connectivity index (χ3n) is 3.61. The van der Waals surface area contributed by atoms with Crippen LogP contribution >= 0.6 is 23.1 Å². The molecule has 0 fully saturated rings. The number of amides is 1. The largest absolute Gasteiger partial charge is 0.322 e. The van der Waals surface area contributed by atoms with E-state index in [4.69, 9.17) is 0 Å². The van der Waals surface area contributed by atoms with Crippen LogP contribution in [-0.2, 0) is 0 Å². The molecule has 23 heavy (non-hydrogen) atoms. The van der Waals surface area contributed by atoms with Crippen molar-refractivity contribution in [3.63, 3.8) is 0 Å². The Morgan fingerprint density at radius 2 is 2.13 bits per heavy atom. The normalized spacial score (nSPS) is 10.7. The summed E-state index contributed by atoms with van der Waals surface area (Å²) in [5, 5.41) is 5.79. The fourth-order valence-electron chi connectivity index (χ4n) is 2.51. The van der Waals surface area contributed by atoms with Gasteiger partial charge >= 0.3 is 0 Å². The van der Waals surface area contributed by atoms with Crippen molar-refractivity contribution in [2.75, 3.05) is 11.6 Å². The first kappa shape index (κ1) is 15.8. The molecule has 118 valence electrons. The maximum Gasteiger partial charge on any atom is 0.257 e. The summed E-state index contributed by atoms with van der Waals surface area (Å²) in [5.74, 6) is -0.0980. The van der Waals surface area contributed by atoms with Crippen molar-refractivity contribution in [1.82, 2.24) is 9.55 Å². The summed E-state index contributed by atoms with van der Waals surface area (Å²) >= 11 is 3.21. The second-order valence-corrected chi connectivity index (χ2v) is 6.87. The highest BCUT2D eigenvalue weighted by atomic mass is 32.2. The molecule has 0 aliphatic rings. The number of hydrogen-bond acceptors (Lipinski definition) is 4. The van der Waals surface area contributed by atoms with Crippen molar-refractivity contribution in [1.29, 1.82) is 0 Å². The van der Waals surface area contributed by atoms with E-state index in [1.165, 1.54) is 0 Å². The summed E-state index contributed by atoms with van der Waals surface area (Å²) in [4.78, 5) is 18.1. The lowest BCUT2D eigenvalue weighted by Crippen LogP contribution is -2.13. The van der Waals surface area contributed by atoms with Gasteiger partial charge in [-0.2, -0.15) is 0 Å². The number of nitrogens with one attached hydrogen (secondary N) is 1. The number of aromatic nitrogens is 2. The smallest absolute Gasteiger partial charge is 0.257 e. The fraction of sp³-hybridized carbons (Fsp3) is 0.176. The molecule has 1 aromatic carbocycles. The Kier molecular flexibility index (Phi) is 4.54. The van der Waals surface area contributed by atoms with Gasteiger partial charge in [-0.25, -0.2) is 4.98 Å². The molecule has 0 saturated heterocycles. The van der Waals surface area contributed by atoms with Crippen molar-refractivity contribution < 1.29 is 4.79 Å². The monoisotopic (exact) mass is 343 g/mol. The highest BCUT2D eigenvalue weighted by molar-refractivity contribution is 7.98. The highest BCUT2D eigenvalue weighted by Crippen LogP contribution is 2.24. The number of carbonyl (C=O) groups is 1. The van der Waals surface area contributed by atoms with Gasteiger partial charge in [0, 0.05) is 33.5 Å². The number of aryl methyl sites for hydroxylation is 1. The van der Waals surface area contributed by atoms with Crippen LogP contribution in [0, 0.1) is 13.8 Å². The molecule has 0 radical (unpaired) electrons. The molecule has 4 nitrogen and oxygen atoms in total. The molecule has 0 spiro atoms. The minimum Gasteiger partial charge on any atom is -0.322 e. The number of hydrogen-bond donors (Lipinski definition) is 1. The molecule has 2 aromatic heterocycles. The van der Waals surface area contributed by atoms with Crippen molar-refractivity contribution >= 4 is 34.7 Å². The summed E-state index contributed by atoms with van der Waals surface area (Å²) in [5.41, 5.74) is 3.38. The van der Waals surface area contributed by atoms with Gasteiger partial charge in [-0.05, 0) is 44.4 Å². The van der Waals surface area contributed by atoms with Crippen LogP contribution in [0.25, 0.3) is 5.13 Å². The van der Waals surface area contributed by atoms with Crippen LogP contribution in [0.15, 0.2) is 46.8 Å². The van der Waals surface area contributed by atoms with Crippen molar-refractivity contribution in [2.45, 2.75) is 18.7 Å². The third kappa shape index (κ3) is 3.18. The molecule has 0 bridgehead atoms. The molecule has 1 amide bonds. The molecular formula is C17H17N3OS2. The zero-order valence-corrected chi connectivity index (χ0v) is 14.8. The summed E-state index contributed by atoms with van der Waals surface area (Å²) in [6, 6.07) is 9.75. The van der Waals surface area contributed by atoms with Crippen LogP contribution in [0.5, 0.6) is 0 Å². The lowest BCUT2D eigenvalue weighted by atomic mass is 10.2. The molecule has 6 heteroatoms. The minimum atomic E-state index is -0.0980. The van der Waals surface area contributed by atoms with Crippen LogP contribution in [0.4, 0.5) is 5.69 Å². The molecule has 2 heterocycles. The summed E-state index contributed by atoms with van der Waals surface area (Å²) < 4.78 is 2.01. The van der Waals surface area contributed by atoms with Crippen molar-refractivity contribution in [3.8, 4) is 5.13 Å². The van der Waals surface area contributed by atoms with Gasteiger partial charge in [-0.3, -0.25) is 9.36 Å². The van der Waals surface area contributed by atoms with E-state index < -0.39 is 0 Å². The van der Waals surface area contributed by atoms with Gasteiger partial charge in [-0.1, -0.05) is 6.07 Å². The molecule has 0 saturated carbocycles. The number of nitrogens with zero attached hydrogens (tertiary/aromatic N) is 2. The molecule has 0 aliphatic carbocycles. The molecule has 0 aliphatic heterocycles. The Balaban J connectivity index is 1.90. The third-order valence-corrected chi connectivity index (χ3v) is 5.10. The van der Waals surface area contributed by atoms with E-state index in [9.17, 15) is 4.79 Å². The van der Waals surface area contributed by atoms with Crippen LogP contribution in [0.2, 0.25) is 0 Å². The van der Waals surface area contributed by atoms with Gasteiger partial charge < -0.3 is 5.32 Å². The van der Waals surface area contributed by atoms with Gasteiger partial charge in [0.25, 0.3) is 5.91 Å². The maximum atomic E-state index is 12.6. The average Bonchev–Trinajstić information content (AvgIpc) is 3.15. The van der Waals surface area contributed by atoms with E-state index in [0.717, 1.165) is 27.1 Å². The Labute approximate surface area is 143 Å². The number of benzene rings is 1. The van der Waals surface area contributed by atoms with Crippen molar-refractivity contribution in [2.24, 2.45) is 0 Å². The predicted octanol–water partition coefficient (Wildman–Crippen LogP) is 4.52. The fourth-order valence-corrected chi connectivity index (χ4v) is 3.72. The second-order valence-electron chi connectivity index (χ2n) is 5.12. The summed E-state index contributed by atoms with van der Waals surface area (Å²) in [7, 11) is 0. The lowest BCUT2D eigenvalue weighted by Gasteiger charge is -2.08. The topological polar surface area (TPSA) is 46.9 Å². The van der Waals surface area contributed by atoms with Crippen LogP contribution in [0.1, 0.15) is 21.7 Å².